The molecular weight excluding hydrogens is 268 g/mol. The molecule has 4 heteroatoms. The van der Waals surface area contributed by atoms with Crippen LogP contribution in [0.1, 0.15) is 15.9 Å². The third-order valence-corrected chi connectivity index (χ3v) is 3.09. The predicted molar refractivity (Wildman–Crippen MR) is 78.6 cm³/mol. The van der Waals surface area contributed by atoms with Crippen molar-refractivity contribution in [1.29, 1.82) is 0 Å². The van der Waals surface area contributed by atoms with Crippen LogP contribution in [0, 0.1) is 6.92 Å². The molecule has 0 radical (unpaired) electrons. The molecule has 0 saturated heterocycles. The number of fused-ring (bicyclic) bond motifs is 1. The lowest BCUT2D eigenvalue weighted by Crippen LogP contribution is -2.08. The summed E-state index contributed by atoms with van der Waals surface area (Å²) >= 11 is 0. The summed E-state index contributed by atoms with van der Waals surface area (Å²) < 4.78 is 10.3. The number of hydrogen-bond donors (Lipinski definition) is 0. The molecule has 0 aliphatic carbocycles. The summed E-state index contributed by atoms with van der Waals surface area (Å²) in [6.45, 7) is 1.94. The largest absolute Gasteiger partial charge is 0.423 e. The van der Waals surface area contributed by atoms with Gasteiger partial charge >= 0.3 is 11.6 Å². The highest BCUT2D eigenvalue weighted by Crippen LogP contribution is 2.20. The zero-order valence-electron chi connectivity index (χ0n) is 11.3. The van der Waals surface area contributed by atoms with Crippen molar-refractivity contribution < 1.29 is 13.9 Å². The predicted octanol–water partition coefficient (Wildman–Crippen LogP) is 3.32. The van der Waals surface area contributed by atoms with E-state index in [1.165, 1.54) is 12.1 Å². The maximum absolute atomic E-state index is 12.0. The number of hydrogen-bond acceptors (Lipinski definition) is 4. The van der Waals surface area contributed by atoms with E-state index in [0.717, 1.165) is 10.9 Å². The summed E-state index contributed by atoms with van der Waals surface area (Å²) in [6.07, 6.45) is 0. The molecule has 3 rings (SSSR count). The van der Waals surface area contributed by atoms with Crippen LogP contribution in [0.5, 0.6) is 5.75 Å². The lowest BCUT2D eigenvalue weighted by molar-refractivity contribution is 0.0735. The Bertz CT molecular complexity index is 860. The minimum Gasteiger partial charge on any atom is -0.423 e. The Balaban J connectivity index is 1.89. The average molecular weight is 280 g/mol. The fourth-order valence-corrected chi connectivity index (χ4v) is 1.96. The normalized spacial score (nSPS) is 10.5. The molecule has 2 aromatic carbocycles. The third kappa shape index (κ3) is 2.84. The van der Waals surface area contributed by atoms with Gasteiger partial charge in [-0.25, -0.2) is 9.59 Å². The maximum Gasteiger partial charge on any atom is 0.343 e. The molecule has 1 heterocycles. The number of carbonyl (C=O) groups excluding carboxylic acids is 1. The van der Waals surface area contributed by atoms with Gasteiger partial charge in [-0.15, -0.1) is 0 Å². The summed E-state index contributed by atoms with van der Waals surface area (Å²) in [7, 11) is 0. The molecule has 0 spiro atoms. The lowest BCUT2D eigenvalue weighted by atomic mass is 10.1. The number of benzene rings is 2. The van der Waals surface area contributed by atoms with Crippen molar-refractivity contribution in [3.63, 3.8) is 0 Å². The van der Waals surface area contributed by atoms with E-state index in [2.05, 4.69) is 0 Å². The van der Waals surface area contributed by atoms with Crippen LogP contribution in [0.3, 0.4) is 0 Å². The van der Waals surface area contributed by atoms with Crippen molar-refractivity contribution in [3.05, 3.63) is 76.1 Å². The zero-order valence-corrected chi connectivity index (χ0v) is 11.3. The molecule has 104 valence electrons. The molecule has 21 heavy (non-hydrogen) atoms. The Hall–Kier alpha value is -2.88. The van der Waals surface area contributed by atoms with Crippen molar-refractivity contribution in [2.45, 2.75) is 6.92 Å². The highest BCUT2D eigenvalue weighted by Gasteiger charge is 2.09. The molecule has 0 bridgehead atoms. The van der Waals surface area contributed by atoms with E-state index >= 15 is 0 Å². The van der Waals surface area contributed by atoms with Crippen LogP contribution in [0.4, 0.5) is 0 Å². The smallest absolute Gasteiger partial charge is 0.343 e. The first-order valence-corrected chi connectivity index (χ1v) is 6.44. The van der Waals surface area contributed by atoms with Crippen molar-refractivity contribution in [3.8, 4) is 5.75 Å². The number of esters is 1. The van der Waals surface area contributed by atoms with Gasteiger partial charge in [-0.3, -0.25) is 0 Å². The fourth-order valence-electron chi connectivity index (χ4n) is 1.96. The minimum absolute atomic E-state index is 0.336. The van der Waals surface area contributed by atoms with Crippen LogP contribution >= 0.6 is 0 Å². The number of aryl methyl sites for hydroxylation is 1. The molecule has 1 aromatic heterocycles. The van der Waals surface area contributed by atoms with Crippen LogP contribution in [-0.2, 0) is 0 Å². The highest BCUT2D eigenvalue weighted by atomic mass is 16.5. The molecule has 0 fully saturated rings. The third-order valence-electron chi connectivity index (χ3n) is 3.09. The molecule has 0 aliphatic rings. The van der Waals surface area contributed by atoms with E-state index in [1.54, 1.807) is 30.3 Å². The van der Waals surface area contributed by atoms with Crippen LogP contribution in [0.25, 0.3) is 11.0 Å². The number of ether oxygens (including phenoxy) is 1. The maximum atomic E-state index is 12.0. The minimum atomic E-state index is -0.451. The molecule has 3 aromatic rings. The second kappa shape index (κ2) is 5.25. The summed E-state index contributed by atoms with van der Waals surface area (Å²) in [5.41, 5.74) is 1.48. The van der Waals surface area contributed by atoms with Gasteiger partial charge in [-0.2, -0.15) is 0 Å². The SMILES string of the molecule is Cc1ccc(C(=O)Oc2ccc3ccc(=O)oc3c2)cc1. The summed E-state index contributed by atoms with van der Waals surface area (Å²) in [5.74, 6) is -0.116. The van der Waals surface area contributed by atoms with Gasteiger partial charge in [-0.05, 0) is 37.3 Å². The van der Waals surface area contributed by atoms with Crippen LogP contribution < -0.4 is 10.4 Å². The van der Waals surface area contributed by atoms with E-state index in [9.17, 15) is 9.59 Å². The summed E-state index contributed by atoms with van der Waals surface area (Å²) in [5, 5.41) is 0.768. The van der Waals surface area contributed by atoms with E-state index in [0.29, 0.717) is 16.9 Å². The Kier molecular flexibility index (Phi) is 3.28. The number of rotatable bonds is 2. The van der Waals surface area contributed by atoms with Gasteiger partial charge in [-0.1, -0.05) is 17.7 Å². The first kappa shape index (κ1) is 13.1. The van der Waals surface area contributed by atoms with Gasteiger partial charge in [0, 0.05) is 17.5 Å². The van der Waals surface area contributed by atoms with Gasteiger partial charge in [0.15, 0.2) is 0 Å². The Morgan fingerprint density at radius 1 is 1.00 bits per heavy atom. The second-order valence-corrected chi connectivity index (χ2v) is 4.71. The molecular formula is C17H12O4. The molecule has 0 saturated carbocycles. The van der Waals surface area contributed by atoms with Crippen molar-refractivity contribution in [2.24, 2.45) is 0 Å². The molecule has 0 unspecified atom stereocenters. The van der Waals surface area contributed by atoms with Gasteiger partial charge < -0.3 is 9.15 Å². The van der Waals surface area contributed by atoms with E-state index in [4.69, 9.17) is 9.15 Å². The van der Waals surface area contributed by atoms with E-state index in [-0.39, 0.29) is 0 Å². The van der Waals surface area contributed by atoms with E-state index in [1.807, 2.05) is 19.1 Å². The van der Waals surface area contributed by atoms with Crippen molar-refractivity contribution in [1.82, 2.24) is 0 Å². The monoisotopic (exact) mass is 280 g/mol. The van der Waals surface area contributed by atoms with Crippen LogP contribution in [0.2, 0.25) is 0 Å². The average Bonchev–Trinajstić information content (AvgIpc) is 2.47. The standard InChI is InChI=1S/C17H12O4/c1-11-2-4-13(5-3-11)17(19)20-14-8-6-12-7-9-16(18)21-15(12)10-14/h2-10H,1H3. The first-order chi connectivity index (χ1) is 10.1. The lowest BCUT2D eigenvalue weighted by Gasteiger charge is -2.05. The van der Waals surface area contributed by atoms with Crippen LogP contribution in [0.15, 0.2) is 63.8 Å². The highest BCUT2D eigenvalue weighted by molar-refractivity contribution is 5.91. The quantitative estimate of drug-likeness (QED) is 0.410. The topological polar surface area (TPSA) is 56.5 Å². The molecule has 0 aliphatic heterocycles. The molecule has 0 atom stereocenters. The van der Waals surface area contributed by atoms with E-state index < -0.39 is 11.6 Å². The fraction of sp³-hybridized carbons (Fsp3) is 0.0588. The van der Waals surface area contributed by atoms with Gasteiger partial charge in [0.05, 0.1) is 5.56 Å². The van der Waals surface area contributed by atoms with Crippen molar-refractivity contribution in [2.75, 3.05) is 0 Å². The Morgan fingerprint density at radius 3 is 2.48 bits per heavy atom. The van der Waals surface area contributed by atoms with Crippen LogP contribution in [-0.4, -0.2) is 5.97 Å². The summed E-state index contributed by atoms with van der Waals surface area (Å²) in [6, 6.07) is 15.0. The first-order valence-electron chi connectivity index (χ1n) is 6.44. The second-order valence-electron chi connectivity index (χ2n) is 4.71. The zero-order chi connectivity index (χ0) is 14.8. The van der Waals surface area contributed by atoms with Gasteiger partial charge in [0.1, 0.15) is 11.3 Å². The Morgan fingerprint density at radius 2 is 1.71 bits per heavy atom. The Labute approximate surface area is 120 Å². The molecule has 0 amide bonds. The molecule has 4 nitrogen and oxygen atoms in total. The van der Waals surface area contributed by atoms with Gasteiger partial charge in [0.25, 0.3) is 0 Å². The van der Waals surface area contributed by atoms with Gasteiger partial charge in [0.2, 0.25) is 0 Å². The van der Waals surface area contributed by atoms with Crippen molar-refractivity contribution >= 4 is 16.9 Å². The number of carbonyl (C=O) groups is 1. The summed E-state index contributed by atoms with van der Waals surface area (Å²) in [4.78, 5) is 23.2. The molecule has 0 N–H and O–H groups in total.